The van der Waals surface area contributed by atoms with E-state index in [9.17, 15) is 13.6 Å². The van der Waals surface area contributed by atoms with Crippen molar-refractivity contribution in [2.75, 3.05) is 0 Å². The minimum Gasteiger partial charge on any atom is -0.268 e. The molecule has 2 aromatic rings. The largest absolute Gasteiger partial charge is 0.335 e. The average Bonchev–Trinajstić information content (AvgIpc) is 2.49. The molecule has 0 amide bonds. The molecule has 2 heterocycles. The minimum atomic E-state index is -2.82. The van der Waals surface area contributed by atoms with Gasteiger partial charge >= 0.3 is 6.55 Å². The highest BCUT2D eigenvalue weighted by molar-refractivity contribution is 5.55. The van der Waals surface area contributed by atoms with E-state index in [0.717, 1.165) is 11.1 Å². The van der Waals surface area contributed by atoms with E-state index in [1.807, 2.05) is 6.92 Å². The Morgan fingerprint density at radius 2 is 2.00 bits per heavy atom. The lowest BCUT2D eigenvalue weighted by molar-refractivity contribution is 0.0488. The Kier molecular flexibility index (Phi) is 2.10. The van der Waals surface area contributed by atoms with Gasteiger partial charge in [-0.15, -0.1) is 0 Å². The zero-order valence-corrected chi connectivity index (χ0v) is 8.37. The van der Waals surface area contributed by atoms with Crippen LogP contribution in [0.5, 0.6) is 0 Å². The second-order valence-corrected chi connectivity index (χ2v) is 3.46. The highest BCUT2D eigenvalue weighted by Crippen LogP contribution is 2.16. The molecule has 0 radical (unpaired) electrons. The number of hydrogen-bond acceptors (Lipinski definition) is 1. The Bertz CT molecular complexity index is 569. The monoisotopic (exact) mass is 212 g/mol. The van der Waals surface area contributed by atoms with E-state index < -0.39 is 12.1 Å². The standard InChI is InChI=1S/C10H10F2N2O/c1-6-3-4-13-8(7(6)2)5-9(15)14(13)10(11)12/h3-5,10H,1-2H3. The van der Waals surface area contributed by atoms with Crippen LogP contribution in [0.4, 0.5) is 8.78 Å². The third-order valence-electron chi connectivity index (χ3n) is 2.59. The van der Waals surface area contributed by atoms with Crippen LogP contribution in [-0.4, -0.2) is 9.20 Å². The van der Waals surface area contributed by atoms with Crippen molar-refractivity contribution in [3.05, 3.63) is 39.8 Å². The lowest BCUT2D eigenvalue weighted by atomic mass is 10.1. The molecule has 0 saturated carbocycles. The van der Waals surface area contributed by atoms with Crippen LogP contribution in [0.25, 0.3) is 5.52 Å². The summed E-state index contributed by atoms with van der Waals surface area (Å²) in [6.07, 6.45) is 1.48. The number of nitrogens with zero attached hydrogens (tertiary/aromatic N) is 2. The van der Waals surface area contributed by atoms with Gasteiger partial charge in [-0.1, -0.05) is 0 Å². The molecule has 0 unspecified atom stereocenters. The first kappa shape index (κ1) is 9.89. The maximum absolute atomic E-state index is 12.6. The summed E-state index contributed by atoms with van der Waals surface area (Å²) < 4.78 is 26.8. The molecule has 15 heavy (non-hydrogen) atoms. The van der Waals surface area contributed by atoms with E-state index >= 15 is 0 Å². The van der Waals surface area contributed by atoms with Crippen molar-refractivity contribution in [1.29, 1.82) is 0 Å². The Morgan fingerprint density at radius 1 is 1.33 bits per heavy atom. The van der Waals surface area contributed by atoms with Crippen molar-refractivity contribution in [2.24, 2.45) is 0 Å². The molecule has 80 valence electrons. The van der Waals surface area contributed by atoms with Gasteiger partial charge in [-0.3, -0.25) is 9.31 Å². The first-order valence-electron chi connectivity index (χ1n) is 4.50. The van der Waals surface area contributed by atoms with Crippen molar-refractivity contribution in [3.63, 3.8) is 0 Å². The number of fused-ring (bicyclic) bond motifs is 1. The first-order valence-corrected chi connectivity index (χ1v) is 4.50. The Labute approximate surface area is 84.5 Å². The number of alkyl halides is 2. The highest BCUT2D eigenvalue weighted by atomic mass is 19.3. The van der Waals surface area contributed by atoms with Crippen LogP contribution >= 0.6 is 0 Å². The normalized spacial score (nSPS) is 11.5. The van der Waals surface area contributed by atoms with Crippen LogP contribution in [0.15, 0.2) is 23.1 Å². The molecule has 0 saturated heterocycles. The zero-order chi connectivity index (χ0) is 11.2. The number of aromatic nitrogens is 2. The molecule has 0 aliphatic carbocycles. The van der Waals surface area contributed by atoms with Crippen LogP contribution in [0, 0.1) is 13.8 Å². The van der Waals surface area contributed by atoms with Gasteiger partial charge in [-0.25, -0.2) is 0 Å². The van der Waals surface area contributed by atoms with Gasteiger partial charge in [0.15, 0.2) is 0 Å². The second-order valence-electron chi connectivity index (χ2n) is 3.46. The fourth-order valence-corrected chi connectivity index (χ4v) is 1.60. The van der Waals surface area contributed by atoms with Gasteiger partial charge < -0.3 is 0 Å². The predicted octanol–water partition coefficient (Wildman–Crippen LogP) is 2.11. The van der Waals surface area contributed by atoms with Gasteiger partial charge in [-0.05, 0) is 31.0 Å². The third-order valence-corrected chi connectivity index (χ3v) is 2.59. The quantitative estimate of drug-likeness (QED) is 0.711. The lowest BCUT2D eigenvalue weighted by Crippen LogP contribution is -2.19. The molecule has 0 aromatic carbocycles. The van der Waals surface area contributed by atoms with Crippen LogP contribution < -0.4 is 5.56 Å². The van der Waals surface area contributed by atoms with Crippen LogP contribution in [0.2, 0.25) is 0 Å². The molecule has 3 nitrogen and oxygen atoms in total. The number of rotatable bonds is 1. The SMILES string of the molecule is Cc1ccn2c(cc(=O)n2C(F)F)c1C. The third kappa shape index (κ3) is 1.35. The summed E-state index contributed by atoms with van der Waals surface area (Å²) in [6, 6.07) is 2.94. The number of halogens is 2. The van der Waals surface area contributed by atoms with Crippen molar-refractivity contribution in [2.45, 2.75) is 20.4 Å². The number of aryl methyl sites for hydroxylation is 2. The summed E-state index contributed by atoms with van der Waals surface area (Å²) in [7, 11) is 0. The van der Waals surface area contributed by atoms with Crippen LogP contribution in [-0.2, 0) is 0 Å². The van der Waals surface area contributed by atoms with E-state index in [1.54, 1.807) is 13.0 Å². The highest BCUT2D eigenvalue weighted by Gasteiger charge is 2.14. The number of pyridine rings is 1. The Hall–Kier alpha value is -1.65. The fourth-order valence-electron chi connectivity index (χ4n) is 1.60. The molecule has 0 fully saturated rings. The molecule has 2 rings (SSSR count). The summed E-state index contributed by atoms with van der Waals surface area (Å²) in [5.74, 6) is 0. The molecule has 5 heteroatoms. The Morgan fingerprint density at radius 3 is 2.60 bits per heavy atom. The van der Waals surface area contributed by atoms with Crippen molar-refractivity contribution >= 4 is 5.52 Å². The first-order chi connectivity index (χ1) is 7.02. The van der Waals surface area contributed by atoms with Crippen molar-refractivity contribution < 1.29 is 8.78 Å². The average molecular weight is 212 g/mol. The molecule has 0 N–H and O–H groups in total. The lowest BCUT2D eigenvalue weighted by Gasteiger charge is -2.07. The van der Waals surface area contributed by atoms with Crippen molar-refractivity contribution in [1.82, 2.24) is 9.20 Å². The van der Waals surface area contributed by atoms with E-state index in [-0.39, 0.29) is 0 Å². The van der Waals surface area contributed by atoms with Crippen LogP contribution in [0.1, 0.15) is 17.7 Å². The summed E-state index contributed by atoms with van der Waals surface area (Å²) in [6.45, 7) is 0.863. The fraction of sp³-hybridized carbons (Fsp3) is 0.300. The summed E-state index contributed by atoms with van der Waals surface area (Å²) in [5.41, 5.74) is 1.66. The topological polar surface area (TPSA) is 26.4 Å². The molecule has 0 spiro atoms. The second kappa shape index (κ2) is 3.18. The van der Waals surface area contributed by atoms with E-state index in [2.05, 4.69) is 0 Å². The predicted molar refractivity (Wildman–Crippen MR) is 52.4 cm³/mol. The van der Waals surface area contributed by atoms with Gasteiger partial charge in [-0.2, -0.15) is 13.5 Å². The zero-order valence-electron chi connectivity index (χ0n) is 8.37. The van der Waals surface area contributed by atoms with Gasteiger partial charge in [0.2, 0.25) is 0 Å². The maximum Gasteiger partial charge on any atom is 0.335 e. The smallest absolute Gasteiger partial charge is 0.268 e. The van der Waals surface area contributed by atoms with E-state index in [1.165, 1.54) is 16.8 Å². The van der Waals surface area contributed by atoms with Gasteiger partial charge in [0.25, 0.3) is 5.56 Å². The minimum absolute atomic E-state index is 0.432. The Balaban J connectivity index is 2.92. The van der Waals surface area contributed by atoms with Gasteiger partial charge in [0, 0.05) is 12.3 Å². The molecule has 0 aliphatic rings. The summed E-state index contributed by atoms with van der Waals surface area (Å²) in [5, 5.41) is 0. The molecule has 0 aliphatic heterocycles. The van der Waals surface area contributed by atoms with Gasteiger partial charge in [0.1, 0.15) is 0 Å². The van der Waals surface area contributed by atoms with Crippen LogP contribution in [0.3, 0.4) is 0 Å². The summed E-state index contributed by atoms with van der Waals surface area (Å²) in [4.78, 5) is 11.3. The molecular formula is C10H10F2N2O. The van der Waals surface area contributed by atoms with Gasteiger partial charge in [0.05, 0.1) is 5.52 Å². The maximum atomic E-state index is 12.6. The van der Waals surface area contributed by atoms with Crippen molar-refractivity contribution in [3.8, 4) is 0 Å². The van der Waals surface area contributed by atoms with E-state index in [0.29, 0.717) is 10.2 Å². The molecular weight excluding hydrogens is 202 g/mol. The molecule has 0 atom stereocenters. The number of hydrogen-bond donors (Lipinski definition) is 0. The molecule has 2 aromatic heterocycles. The van der Waals surface area contributed by atoms with E-state index in [4.69, 9.17) is 0 Å². The molecule has 0 bridgehead atoms. The summed E-state index contributed by atoms with van der Waals surface area (Å²) >= 11 is 0.